The quantitative estimate of drug-likeness (QED) is 0.412. The van der Waals surface area contributed by atoms with Crippen molar-refractivity contribution in [3.05, 3.63) is 0 Å². The van der Waals surface area contributed by atoms with E-state index in [9.17, 15) is 4.79 Å². The molecule has 0 fully saturated rings. The van der Waals surface area contributed by atoms with Crippen LogP contribution in [0.5, 0.6) is 0 Å². The van der Waals surface area contributed by atoms with Crippen molar-refractivity contribution in [2.45, 2.75) is 39.0 Å². The van der Waals surface area contributed by atoms with Crippen LogP contribution in [0.25, 0.3) is 0 Å². The van der Waals surface area contributed by atoms with E-state index in [0.29, 0.717) is 6.61 Å². The average Bonchev–Trinajstić information content (AvgIpc) is 2.10. The maximum Gasteiger partial charge on any atom is 0.348 e. The Morgan fingerprint density at radius 1 is 1.40 bits per heavy atom. The summed E-state index contributed by atoms with van der Waals surface area (Å²) in [5.41, 5.74) is -0.380. The first-order chi connectivity index (χ1) is 6.66. The summed E-state index contributed by atoms with van der Waals surface area (Å²) in [6, 6.07) is 0. The number of esters is 1. The summed E-state index contributed by atoms with van der Waals surface area (Å²) in [4.78, 5) is 15.0. The predicted molar refractivity (Wildman–Crippen MR) is 63.9 cm³/mol. The van der Waals surface area contributed by atoms with Crippen LogP contribution in [0.2, 0.25) is 19.6 Å². The van der Waals surface area contributed by atoms with E-state index in [1.165, 1.54) is 13.3 Å². The molecule has 0 spiro atoms. The summed E-state index contributed by atoms with van der Waals surface area (Å²) in [7, 11) is -0.188. The van der Waals surface area contributed by atoms with Crippen LogP contribution in [0.1, 0.15) is 13.8 Å². The van der Waals surface area contributed by atoms with Gasteiger partial charge in [0, 0.05) is 0 Å². The number of methoxy groups -OCH3 is 1. The van der Waals surface area contributed by atoms with E-state index in [2.05, 4.69) is 29.4 Å². The molecule has 0 saturated heterocycles. The van der Waals surface area contributed by atoms with Crippen LogP contribution in [0.15, 0.2) is 4.99 Å². The number of rotatable bonds is 5. The van der Waals surface area contributed by atoms with Gasteiger partial charge in [-0.15, -0.1) is 0 Å². The molecule has 4 nitrogen and oxygen atoms in total. The van der Waals surface area contributed by atoms with Crippen molar-refractivity contribution in [3.8, 4) is 0 Å². The number of hydrogen-bond donors (Lipinski definition) is 0. The number of ether oxygens (including phenoxy) is 1. The van der Waals surface area contributed by atoms with Gasteiger partial charge in [-0.3, -0.25) is 4.99 Å². The molecule has 5 heteroatoms. The van der Waals surface area contributed by atoms with Crippen molar-refractivity contribution in [3.63, 3.8) is 0 Å². The van der Waals surface area contributed by atoms with Gasteiger partial charge in [-0.2, -0.15) is 0 Å². The van der Waals surface area contributed by atoms with Gasteiger partial charge in [0.25, 0.3) is 0 Å². The van der Waals surface area contributed by atoms with Crippen molar-refractivity contribution in [1.29, 1.82) is 0 Å². The highest BCUT2D eigenvalue weighted by atomic mass is 28.4. The number of carbonyl (C=O) groups excluding carboxylic acids is 1. The Kier molecular flexibility index (Phi) is 5.17. The molecule has 0 rings (SSSR count). The largest absolute Gasteiger partial charge is 0.465 e. The Hall–Kier alpha value is -0.683. The maximum atomic E-state index is 10.9. The minimum absolute atomic E-state index is 0.380. The molecule has 0 atom stereocenters. The van der Waals surface area contributed by atoms with Gasteiger partial charge in [-0.05, 0) is 33.5 Å². The highest BCUT2D eigenvalue weighted by Crippen LogP contribution is 2.13. The van der Waals surface area contributed by atoms with Crippen LogP contribution in [-0.2, 0) is 14.0 Å². The van der Waals surface area contributed by atoms with E-state index >= 15 is 0 Å². The first-order valence-corrected chi connectivity index (χ1v) is 8.34. The first-order valence-electron chi connectivity index (χ1n) is 4.93. The van der Waals surface area contributed by atoms with E-state index in [1.807, 2.05) is 13.8 Å². The van der Waals surface area contributed by atoms with Crippen molar-refractivity contribution >= 4 is 20.5 Å². The third-order valence-electron chi connectivity index (χ3n) is 1.58. The number of carbonyl (C=O) groups is 1. The summed E-state index contributed by atoms with van der Waals surface area (Å²) in [5, 5.41) is 0. The molecule has 0 radical (unpaired) electrons. The first kappa shape index (κ1) is 14.3. The summed E-state index contributed by atoms with van der Waals surface area (Å²) in [6.45, 7) is 10.7. The summed E-state index contributed by atoms with van der Waals surface area (Å²) in [6.07, 6.45) is 1.20. The van der Waals surface area contributed by atoms with Gasteiger partial charge in [0.1, 0.15) is 6.21 Å². The second-order valence-electron chi connectivity index (χ2n) is 4.99. The predicted octanol–water partition coefficient (Wildman–Crippen LogP) is 1.86. The lowest BCUT2D eigenvalue weighted by atomic mass is 10.1. The maximum absolute atomic E-state index is 10.9. The highest BCUT2D eigenvalue weighted by Gasteiger charge is 2.22. The Labute approximate surface area is 92.8 Å². The lowest BCUT2D eigenvalue weighted by molar-refractivity contribution is -0.132. The Morgan fingerprint density at radius 3 is 2.33 bits per heavy atom. The molecule has 0 aromatic rings. The van der Waals surface area contributed by atoms with Crippen LogP contribution >= 0.6 is 0 Å². The smallest absolute Gasteiger partial charge is 0.348 e. The normalized spacial score (nSPS) is 13.2. The van der Waals surface area contributed by atoms with Gasteiger partial charge in [0.15, 0.2) is 8.32 Å². The molecule has 0 saturated carbocycles. The Bertz CT molecular complexity index is 244. The fourth-order valence-corrected chi connectivity index (χ4v) is 1.50. The standard InChI is InChI=1S/C10H21NO3Si/c1-10(2,8-14-15(4,5)6)11-7-9(12)13-3/h7H,8H2,1-6H3. The lowest BCUT2D eigenvalue weighted by Gasteiger charge is -2.25. The van der Waals surface area contributed by atoms with Crippen LogP contribution in [-0.4, -0.2) is 39.8 Å². The Morgan fingerprint density at radius 2 is 1.93 bits per heavy atom. The fraction of sp³-hybridized carbons (Fsp3) is 0.800. The van der Waals surface area contributed by atoms with E-state index in [-0.39, 0.29) is 5.54 Å². The van der Waals surface area contributed by atoms with Crippen LogP contribution in [0.4, 0.5) is 0 Å². The minimum atomic E-state index is -1.52. The topological polar surface area (TPSA) is 47.9 Å². The number of aliphatic imine (C=N–C) groups is 1. The molecular formula is C10H21NO3Si. The molecule has 15 heavy (non-hydrogen) atoms. The van der Waals surface area contributed by atoms with Crippen molar-refractivity contribution in [1.82, 2.24) is 0 Å². The molecule has 88 valence electrons. The molecule has 0 aliphatic heterocycles. The van der Waals surface area contributed by atoms with E-state index < -0.39 is 14.3 Å². The monoisotopic (exact) mass is 231 g/mol. The second kappa shape index (κ2) is 5.41. The van der Waals surface area contributed by atoms with E-state index in [0.717, 1.165) is 0 Å². The number of hydrogen-bond acceptors (Lipinski definition) is 4. The number of nitrogens with zero attached hydrogens (tertiary/aromatic N) is 1. The van der Waals surface area contributed by atoms with E-state index in [1.54, 1.807) is 0 Å². The van der Waals surface area contributed by atoms with E-state index in [4.69, 9.17) is 4.43 Å². The zero-order chi connectivity index (χ0) is 12.1. The van der Waals surface area contributed by atoms with Gasteiger partial charge in [-0.25, -0.2) is 4.79 Å². The van der Waals surface area contributed by atoms with Crippen molar-refractivity contribution in [2.24, 2.45) is 4.99 Å². The molecule has 0 aromatic heterocycles. The van der Waals surface area contributed by atoms with Gasteiger partial charge in [0.2, 0.25) is 0 Å². The van der Waals surface area contributed by atoms with Crippen molar-refractivity contribution in [2.75, 3.05) is 13.7 Å². The molecule has 0 aliphatic carbocycles. The second-order valence-corrected chi connectivity index (χ2v) is 9.51. The SMILES string of the molecule is COC(=O)C=NC(C)(C)CO[Si](C)(C)C. The highest BCUT2D eigenvalue weighted by molar-refractivity contribution is 6.69. The molecule has 0 amide bonds. The molecule has 0 heterocycles. The minimum Gasteiger partial charge on any atom is -0.465 e. The molecule has 0 aliphatic rings. The average molecular weight is 231 g/mol. The molecular weight excluding hydrogens is 210 g/mol. The summed E-state index contributed by atoms with van der Waals surface area (Å²) >= 11 is 0. The molecule has 0 unspecified atom stereocenters. The zero-order valence-corrected chi connectivity index (χ0v) is 11.5. The molecule has 0 bridgehead atoms. The molecule has 0 N–H and O–H groups in total. The van der Waals surface area contributed by atoms with Gasteiger partial charge < -0.3 is 9.16 Å². The van der Waals surface area contributed by atoms with Crippen LogP contribution in [0, 0.1) is 0 Å². The van der Waals surface area contributed by atoms with Crippen LogP contribution in [0.3, 0.4) is 0 Å². The van der Waals surface area contributed by atoms with Gasteiger partial charge >= 0.3 is 5.97 Å². The zero-order valence-electron chi connectivity index (χ0n) is 10.5. The third kappa shape index (κ3) is 8.32. The van der Waals surface area contributed by atoms with Crippen LogP contribution < -0.4 is 0 Å². The van der Waals surface area contributed by atoms with Gasteiger partial charge in [0.05, 0.1) is 19.3 Å². The molecule has 0 aromatic carbocycles. The summed E-state index contributed by atoms with van der Waals surface area (Å²) < 4.78 is 10.2. The fourth-order valence-electron chi connectivity index (χ4n) is 0.711. The third-order valence-corrected chi connectivity index (χ3v) is 2.59. The van der Waals surface area contributed by atoms with Crippen molar-refractivity contribution < 1.29 is 14.0 Å². The summed E-state index contributed by atoms with van der Waals surface area (Å²) in [5.74, 6) is -0.434. The lowest BCUT2D eigenvalue weighted by Crippen LogP contribution is -2.34. The Balaban J connectivity index is 4.19. The van der Waals surface area contributed by atoms with Gasteiger partial charge in [-0.1, -0.05) is 0 Å².